The van der Waals surface area contributed by atoms with E-state index in [1.807, 2.05) is 35.7 Å². The number of esters is 1. The smallest absolute Gasteiger partial charge is 0.343 e. The second-order valence-corrected chi connectivity index (χ2v) is 11.0. The van der Waals surface area contributed by atoms with Gasteiger partial charge in [-0.25, -0.2) is 13.2 Å². The van der Waals surface area contributed by atoms with E-state index in [-0.39, 0.29) is 5.75 Å². The van der Waals surface area contributed by atoms with Gasteiger partial charge >= 0.3 is 5.97 Å². The van der Waals surface area contributed by atoms with Crippen molar-refractivity contribution in [1.82, 2.24) is 0 Å². The molecule has 5 nitrogen and oxygen atoms in total. The van der Waals surface area contributed by atoms with Crippen LogP contribution in [0.3, 0.4) is 0 Å². The van der Waals surface area contributed by atoms with Crippen LogP contribution in [0, 0.1) is 0 Å². The zero-order valence-corrected chi connectivity index (χ0v) is 17.5. The van der Waals surface area contributed by atoms with Gasteiger partial charge in [0.25, 0.3) is 0 Å². The van der Waals surface area contributed by atoms with Gasteiger partial charge in [0.2, 0.25) is 0 Å². The number of thioether (sulfide) groups is 2. The average Bonchev–Trinajstić information content (AvgIpc) is 3.15. The van der Waals surface area contributed by atoms with E-state index in [1.165, 1.54) is 13.2 Å². The Labute approximate surface area is 167 Å². The normalized spacial score (nSPS) is 14.9. The largest absolute Gasteiger partial charge is 0.493 e. The van der Waals surface area contributed by atoms with Crippen LogP contribution in [0.2, 0.25) is 0 Å². The van der Waals surface area contributed by atoms with Crippen LogP contribution in [0.4, 0.5) is 0 Å². The zero-order chi connectivity index (χ0) is 19.4. The molecule has 0 atom stereocenters. The monoisotopic (exact) mass is 424 g/mol. The van der Waals surface area contributed by atoms with E-state index in [0.717, 1.165) is 23.3 Å². The van der Waals surface area contributed by atoms with E-state index in [9.17, 15) is 13.2 Å². The third-order valence-corrected chi connectivity index (χ3v) is 7.84. The summed E-state index contributed by atoms with van der Waals surface area (Å²) in [5.74, 6) is 2.41. The molecule has 3 rings (SSSR count). The average molecular weight is 425 g/mol. The third kappa shape index (κ3) is 5.43. The summed E-state index contributed by atoms with van der Waals surface area (Å²) in [7, 11) is -1.64. The number of methoxy groups -OCH3 is 1. The first-order chi connectivity index (χ1) is 12.9. The van der Waals surface area contributed by atoms with E-state index in [0.29, 0.717) is 27.2 Å². The van der Waals surface area contributed by atoms with Crippen LogP contribution >= 0.6 is 23.5 Å². The molecule has 1 saturated heterocycles. The van der Waals surface area contributed by atoms with Gasteiger partial charge in [-0.2, -0.15) is 0 Å². The Balaban J connectivity index is 1.78. The fourth-order valence-corrected chi connectivity index (χ4v) is 6.34. The minimum Gasteiger partial charge on any atom is -0.493 e. The van der Waals surface area contributed by atoms with Crippen molar-refractivity contribution in [3.8, 4) is 11.5 Å². The first kappa shape index (κ1) is 20.1. The molecule has 2 aromatic rings. The van der Waals surface area contributed by atoms with Crippen molar-refractivity contribution in [1.29, 1.82) is 0 Å². The highest BCUT2D eigenvalue weighted by Crippen LogP contribution is 2.47. The lowest BCUT2D eigenvalue weighted by Gasteiger charge is -2.14. The van der Waals surface area contributed by atoms with E-state index in [4.69, 9.17) is 9.47 Å². The summed E-state index contributed by atoms with van der Waals surface area (Å²) in [5, 5.41) is 0. The minimum atomic E-state index is -3.18. The number of sulfone groups is 1. The standard InChI is InChI=1S/C19H20O5S3/c1-23-17-11-15(19-25-8-9-26-19)6-7-16(17)24-18(20)14-5-3-4-13(10-14)12-27(2,21)22/h3-7,10-11,19H,8-9,12H2,1-2H3. The van der Waals surface area contributed by atoms with Crippen LogP contribution < -0.4 is 9.47 Å². The zero-order valence-electron chi connectivity index (χ0n) is 15.0. The number of hydrogen-bond donors (Lipinski definition) is 0. The van der Waals surface area contributed by atoms with Crippen molar-refractivity contribution in [2.45, 2.75) is 10.3 Å². The van der Waals surface area contributed by atoms with Crippen molar-refractivity contribution < 1.29 is 22.7 Å². The van der Waals surface area contributed by atoms with Crippen LogP contribution in [0.1, 0.15) is 26.1 Å². The molecule has 0 saturated carbocycles. The summed E-state index contributed by atoms with van der Waals surface area (Å²) < 4.78 is 34.2. The number of ether oxygens (including phenoxy) is 2. The molecular formula is C19H20O5S3. The molecular weight excluding hydrogens is 404 g/mol. The van der Waals surface area contributed by atoms with Crippen molar-refractivity contribution in [3.05, 3.63) is 59.2 Å². The summed E-state index contributed by atoms with van der Waals surface area (Å²) in [4.78, 5) is 12.5. The number of benzene rings is 2. The number of carbonyl (C=O) groups is 1. The van der Waals surface area contributed by atoms with Gasteiger partial charge in [0, 0.05) is 17.8 Å². The molecule has 0 N–H and O–H groups in total. The van der Waals surface area contributed by atoms with Crippen molar-refractivity contribution in [2.75, 3.05) is 24.9 Å². The highest BCUT2D eigenvalue weighted by atomic mass is 32.2. The Bertz CT molecular complexity index is 934. The maximum absolute atomic E-state index is 12.5. The summed E-state index contributed by atoms with van der Waals surface area (Å²) >= 11 is 3.78. The quantitative estimate of drug-likeness (QED) is 0.514. The van der Waals surface area contributed by atoms with Crippen LogP contribution in [0.25, 0.3) is 0 Å². The lowest BCUT2D eigenvalue weighted by Crippen LogP contribution is -2.10. The molecule has 0 aliphatic carbocycles. The fourth-order valence-electron chi connectivity index (χ4n) is 2.72. The maximum atomic E-state index is 12.5. The van der Waals surface area contributed by atoms with E-state index in [1.54, 1.807) is 24.3 Å². The molecule has 0 radical (unpaired) electrons. The molecule has 0 bridgehead atoms. The van der Waals surface area contributed by atoms with Gasteiger partial charge in [0.1, 0.15) is 0 Å². The third-order valence-electron chi connectivity index (χ3n) is 3.88. The lowest BCUT2D eigenvalue weighted by molar-refractivity contribution is 0.0729. The molecule has 0 aromatic heterocycles. The Hall–Kier alpha value is -1.64. The summed E-state index contributed by atoms with van der Waals surface area (Å²) in [6.07, 6.45) is 1.16. The Kier molecular flexibility index (Phi) is 6.39. The Morgan fingerprint density at radius 3 is 2.52 bits per heavy atom. The van der Waals surface area contributed by atoms with Crippen molar-refractivity contribution >= 4 is 39.3 Å². The van der Waals surface area contributed by atoms with Gasteiger partial charge in [-0.15, -0.1) is 23.5 Å². The second-order valence-electron chi connectivity index (χ2n) is 6.14. The van der Waals surface area contributed by atoms with Gasteiger partial charge in [-0.3, -0.25) is 0 Å². The molecule has 1 fully saturated rings. The number of carbonyl (C=O) groups excluding carboxylic acids is 1. The van der Waals surface area contributed by atoms with Gasteiger partial charge in [-0.1, -0.05) is 18.2 Å². The molecule has 1 heterocycles. The number of hydrogen-bond acceptors (Lipinski definition) is 7. The highest BCUT2D eigenvalue weighted by molar-refractivity contribution is 8.19. The predicted molar refractivity (Wildman–Crippen MR) is 111 cm³/mol. The molecule has 144 valence electrons. The van der Waals surface area contributed by atoms with E-state index in [2.05, 4.69) is 0 Å². The summed E-state index contributed by atoms with van der Waals surface area (Å²) in [6, 6.07) is 12.0. The second kappa shape index (κ2) is 8.58. The van der Waals surface area contributed by atoms with Crippen LogP contribution in [0.15, 0.2) is 42.5 Å². The molecule has 1 aliphatic heterocycles. The van der Waals surface area contributed by atoms with Gasteiger partial charge in [0.15, 0.2) is 21.3 Å². The van der Waals surface area contributed by atoms with E-state index >= 15 is 0 Å². The van der Waals surface area contributed by atoms with Gasteiger partial charge in [-0.05, 0) is 35.4 Å². The van der Waals surface area contributed by atoms with Crippen molar-refractivity contribution in [3.63, 3.8) is 0 Å². The van der Waals surface area contributed by atoms with E-state index < -0.39 is 15.8 Å². The lowest BCUT2D eigenvalue weighted by atomic mass is 10.1. The predicted octanol–water partition coefficient (Wildman–Crippen LogP) is 3.94. The topological polar surface area (TPSA) is 69.7 Å². The Morgan fingerprint density at radius 1 is 1.11 bits per heavy atom. The molecule has 0 unspecified atom stereocenters. The maximum Gasteiger partial charge on any atom is 0.343 e. The molecule has 2 aromatic carbocycles. The number of rotatable bonds is 6. The minimum absolute atomic E-state index is 0.122. The molecule has 27 heavy (non-hydrogen) atoms. The fraction of sp³-hybridized carbons (Fsp3) is 0.316. The van der Waals surface area contributed by atoms with Gasteiger partial charge in [0.05, 0.1) is 23.0 Å². The van der Waals surface area contributed by atoms with Gasteiger partial charge < -0.3 is 9.47 Å². The van der Waals surface area contributed by atoms with Crippen LogP contribution in [-0.4, -0.2) is 39.3 Å². The molecule has 0 spiro atoms. The van der Waals surface area contributed by atoms with Crippen LogP contribution in [0.5, 0.6) is 11.5 Å². The van der Waals surface area contributed by atoms with Crippen LogP contribution in [-0.2, 0) is 15.6 Å². The molecule has 1 aliphatic rings. The van der Waals surface area contributed by atoms with Crippen molar-refractivity contribution in [2.24, 2.45) is 0 Å². The summed E-state index contributed by atoms with van der Waals surface area (Å²) in [5.41, 5.74) is 1.98. The Morgan fingerprint density at radius 2 is 1.85 bits per heavy atom. The first-order valence-corrected chi connectivity index (χ1v) is 12.4. The molecule has 0 amide bonds. The SMILES string of the molecule is COc1cc(C2SCCS2)ccc1OC(=O)c1cccc(CS(C)(=O)=O)c1. The summed E-state index contributed by atoms with van der Waals surface area (Å²) in [6.45, 7) is 0. The molecule has 8 heteroatoms. The first-order valence-electron chi connectivity index (χ1n) is 8.26. The highest BCUT2D eigenvalue weighted by Gasteiger charge is 2.21.